The van der Waals surface area contributed by atoms with Crippen LogP contribution in [0, 0.1) is 5.92 Å². The quantitative estimate of drug-likeness (QED) is 0.230. The van der Waals surface area contributed by atoms with Crippen molar-refractivity contribution in [3.63, 3.8) is 0 Å². The van der Waals surface area contributed by atoms with Crippen molar-refractivity contribution in [3.05, 3.63) is 72.3 Å². The van der Waals surface area contributed by atoms with Crippen LogP contribution in [0.5, 0.6) is 0 Å². The van der Waals surface area contributed by atoms with Gasteiger partial charge in [-0.15, -0.1) is 0 Å². The predicted molar refractivity (Wildman–Crippen MR) is 169 cm³/mol. The van der Waals surface area contributed by atoms with E-state index in [4.69, 9.17) is 9.47 Å². The zero-order chi connectivity index (χ0) is 31.8. The average Bonchev–Trinajstić information content (AvgIpc) is 3.68. The Kier molecular flexibility index (Phi) is 11.2. The zero-order valence-corrected chi connectivity index (χ0v) is 26.4. The number of ether oxygens (including phenoxy) is 2. The van der Waals surface area contributed by atoms with E-state index in [9.17, 15) is 19.2 Å². The molecular formula is C35H45N3O6. The molecule has 2 aliphatic carbocycles. The molecule has 0 aromatic heterocycles. The molecule has 2 atom stereocenters. The summed E-state index contributed by atoms with van der Waals surface area (Å²) in [5.74, 6) is -1.53. The number of hydrogen-bond acceptors (Lipinski definition) is 6. The summed E-state index contributed by atoms with van der Waals surface area (Å²) in [5, 5.41) is 0. The molecule has 0 radical (unpaired) electrons. The molecular weight excluding hydrogens is 558 g/mol. The van der Waals surface area contributed by atoms with Crippen LogP contribution in [0.15, 0.2) is 61.2 Å². The molecule has 1 saturated carbocycles. The van der Waals surface area contributed by atoms with Crippen molar-refractivity contribution < 1.29 is 28.7 Å². The van der Waals surface area contributed by atoms with E-state index in [-0.39, 0.29) is 37.4 Å². The van der Waals surface area contributed by atoms with Crippen LogP contribution in [-0.2, 0) is 23.9 Å². The molecule has 0 N–H and O–H groups in total. The van der Waals surface area contributed by atoms with Crippen molar-refractivity contribution in [1.82, 2.24) is 14.7 Å². The highest BCUT2D eigenvalue weighted by atomic mass is 16.6. The lowest BCUT2D eigenvalue weighted by molar-refractivity contribution is -0.153. The summed E-state index contributed by atoms with van der Waals surface area (Å²) < 4.78 is 11.1. The molecule has 0 heterocycles. The SMILES string of the molecule is C=CCOC(=O)CC(C(=O)N(CC)CC)N(C)C(=O)C(C1CCCC1)N(C)C(=O)OCC1c2ccccc2-c2ccccc21. The number of carbonyl (C=O) groups is 4. The number of fused-ring (bicyclic) bond motifs is 3. The first-order valence-corrected chi connectivity index (χ1v) is 15.6. The van der Waals surface area contributed by atoms with Crippen LogP contribution in [0.25, 0.3) is 11.1 Å². The van der Waals surface area contributed by atoms with Crippen LogP contribution in [0.4, 0.5) is 4.79 Å². The van der Waals surface area contributed by atoms with E-state index in [1.807, 2.05) is 38.1 Å². The molecule has 9 heteroatoms. The second-order valence-electron chi connectivity index (χ2n) is 11.6. The van der Waals surface area contributed by atoms with Crippen LogP contribution >= 0.6 is 0 Å². The lowest BCUT2D eigenvalue weighted by atomic mass is 9.95. The Labute approximate surface area is 260 Å². The van der Waals surface area contributed by atoms with Crippen LogP contribution in [0.2, 0.25) is 0 Å². The highest BCUT2D eigenvalue weighted by molar-refractivity contribution is 5.93. The first kappa shape index (κ1) is 32.8. The summed E-state index contributed by atoms with van der Waals surface area (Å²) in [6.07, 6.45) is 4.02. The lowest BCUT2D eigenvalue weighted by Gasteiger charge is -2.37. The summed E-state index contributed by atoms with van der Waals surface area (Å²) in [6.45, 7) is 8.28. The summed E-state index contributed by atoms with van der Waals surface area (Å²) in [4.78, 5) is 58.4. The number of amides is 3. The normalized spacial score (nSPS) is 15.5. The molecule has 2 aromatic rings. The molecule has 44 heavy (non-hydrogen) atoms. The molecule has 0 bridgehead atoms. The Balaban J connectivity index is 1.54. The minimum Gasteiger partial charge on any atom is -0.461 e. The van der Waals surface area contributed by atoms with Crippen LogP contribution in [0.3, 0.4) is 0 Å². The third-order valence-corrected chi connectivity index (χ3v) is 9.04. The maximum absolute atomic E-state index is 14.2. The van der Waals surface area contributed by atoms with E-state index in [0.29, 0.717) is 13.1 Å². The fourth-order valence-corrected chi connectivity index (χ4v) is 6.63. The highest BCUT2D eigenvalue weighted by Gasteiger charge is 2.42. The van der Waals surface area contributed by atoms with Gasteiger partial charge in [0.15, 0.2) is 0 Å². The molecule has 0 aliphatic heterocycles. The molecule has 0 spiro atoms. The first-order chi connectivity index (χ1) is 21.2. The third kappa shape index (κ3) is 6.98. The largest absolute Gasteiger partial charge is 0.461 e. The van der Waals surface area contributed by atoms with E-state index in [0.717, 1.165) is 47.9 Å². The summed E-state index contributed by atoms with van der Waals surface area (Å²) in [7, 11) is 3.12. The number of carbonyl (C=O) groups excluding carboxylic acids is 4. The van der Waals surface area contributed by atoms with Crippen molar-refractivity contribution in [1.29, 1.82) is 0 Å². The predicted octanol–water partition coefficient (Wildman–Crippen LogP) is 5.24. The Morgan fingerprint density at radius 2 is 1.43 bits per heavy atom. The molecule has 2 aromatic carbocycles. The van der Waals surface area contributed by atoms with Crippen molar-refractivity contribution in [2.24, 2.45) is 5.92 Å². The monoisotopic (exact) mass is 603 g/mol. The number of nitrogens with zero attached hydrogens (tertiary/aromatic N) is 3. The molecule has 0 saturated heterocycles. The fourth-order valence-electron chi connectivity index (χ4n) is 6.63. The molecule has 1 fully saturated rings. The number of likely N-dealkylation sites (N-methyl/N-ethyl adjacent to an activating group) is 3. The second kappa shape index (κ2) is 15.0. The van der Waals surface area contributed by atoms with Crippen molar-refractivity contribution >= 4 is 23.9 Å². The van der Waals surface area contributed by atoms with Crippen LogP contribution < -0.4 is 0 Å². The van der Waals surface area contributed by atoms with E-state index < -0.39 is 30.1 Å². The Morgan fingerprint density at radius 1 is 0.864 bits per heavy atom. The minimum absolute atomic E-state index is 0.0118. The standard InChI is InChI=1S/C35H45N3O6/c1-6-21-43-31(39)22-30(33(40)38(7-2)8-3)36(4)34(41)32(24-15-9-10-16-24)37(5)35(42)44-23-29-27-19-13-11-17-25(27)26-18-12-14-20-28(26)29/h6,11-14,17-20,24,29-30,32H,1,7-10,15-16,21-23H2,2-5H3. The van der Waals surface area contributed by atoms with Gasteiger partial charge in [0.2, 0.25) is 11.8 Å². The van der Waals surface area contributed by atoms with Crippen molar-refractivity contribution in [2.45, 2.75) is 64.0 Å². The molecule has 2 aliphatic rings. The molecule has 9 nitrogen and oxygen atoms in total. The molecule has 3 amide bonds. The number of esters is 1. The fraction of sp³-hybridized carbons (Fsp3) is 0.486. The Morgan fingerprint density at radius 3 is 1.98 bits per heavy atom. The van der Waals surface area contributed by atoms with Gasteiger partial charge in [-0.3, -0.25) is 19.3 Å². The average molecular weight is 604 g/mol. The molecule has 236 valence electrons. The number of benzene rings is 2. The van der Waals surface area contributed by atoms with E-state index >= 15 is 0 Å². The van der Waals surface area contributed by atoms with Crippen molar-refractivity contribution in [3.8, 4) is 11.1 Å². The van der Waals surface area contributed by atoms with Crippen molar-refractivity contribution in [2.75, 3.05) is 40.4 Å². The highest BCUT2D eigenvalue weighted by Crippen LogP contribution is 2.44. The number of hydrogen-bond donors (Lipinski definition) is 0. The molecule has 2 unspecified atom stereocenters. The summed E-state index contributed by atoms with van der Waals surface area (Å²) >= 11 is 0. The van der Waals surface area contributed by atoms with Crippen LogP contribution in [0.1, 0.15) is 63.0 Å². The minimum atomic E-state index is -1.07. The van der Waals surface area contributed by atoms with Gasteiger partial charge in [0.25, 0.3) is 0 Å². The summed E-state index contributed by atoms with van der Waals surface area (Å²) in [5.41, 5.74) is 4.48. The van der Waals surface area contributed by atoms with Gasteiger partial charge in [-0.05, 0) is 54.9 Å². The maximum atomic E-state index is 14.2. The van der Waals surface area contributed by atoms with E-state index in [1.165, 1.54) is 22.9 Å². The second-order valence-corrected chi connectivity index (χ2v) is 11.6. The number of rotatable bonds is 13. The van der Waals surface area contributed by atoms with Crippen LogP contribution in [-0.4, -0.2) is 91.1 Å². The van der Waals surface area contributed by atoms with Gasteiger partial charge >= 0.3 is 12.1 Å². The topological polar surface area (TPSA) is 96.5 Å². The maximum Gasteiger partial charge on any atom is 0.410 e. The Bertz CT molecular complexity index is 1300. The van der Waals surface area contributed by atoms with Gasteiger partial charge < -0.3 is 19.3 Å². The van der Waals surface area contributed by atoms with Gasteiger partial charge in [0.1, 0.15) is 25.3 Å². The smallest absolute Gasteiger partial charge is 0.410 e. The Hall–Kier alpha value is -4.14. The van der Waals surface area contributed by atoms with Gasteiger partial charge in [0, 0.05) is 33.1 Å². The lowest BCUT2D eigenvalue weighted by Crippen LogP contribution is -2.57. The summed E-state index contributed by atoms with van der Waals surface area (Å²) in [6, 6.07) is 14.3. The van der Waals surface area contributed by atoms with Gasteiger partial charge in [0.05, 0.1) is 6.42 Å². The zero-order valence-electron chi connectivity index (χ0n) is 26.4. The first-order valence-electron chi connectivity index (χ1n) is 15.6. The van der Waals surface area contributed by atoms with E-state index in [1.54, 1.807) is 11.9 Å². The van der Waals surface area contributed by atoms with E-state index in [2.05, 4.69) is 30.8 Å². The van der Waals surface area contributed by atoms with Gasteiger partial charge in [-0.2, -0.15) is 0 Å². The van der Waals surface area contributed by atoms with Gasteiger partial charge in [-0.1, -0.05) is 74.0 Å². The molecule has 4 rings (SSSR count). The third-order valence-electron chi connectivity index (χ3n) is 9.04. The van der Waals surface area contributed by atoms with Gasteiger partial charge in [-0.25, -0.2) is 4.79 Å².